The maximum Gasteiger partial charge on any atom is 0.137 e. The Morgan fingerprint density at radius 1 is 1.06 bits per heavy atom. The molecule has 1 aromatic heterocycles. The third kappa shape index (κ3) is 3.09. The van der Waals surface area contributed by atoms with E-state index in [4.69, 9.17) is 34.8 Å². The van der Waals surface area contributed by atoms with Gasteiger partial charge in [0.15, 0.2) is 0 Å². The van der Waals surface area contributed by atoms with Crippen molar-refractivity contribution in [3.05, 3.63) is 56.5 Å². The quantitative estimate of drug-likeness (QED) is 0.768. The van der Waals surface area contributed by atoms with Crippen LogP contribution in [0.5, 0.6) is 0 Å². The molecule has 0 aliphatic rings. The van der Waals surface area contributed by atoms with Crippen molar-refractivity contribution in [1.29, 1.82) is 0 Å². The first-order valence-electron chi connectivity index (χ1n) is 4.99. The molecule has 2 rings (SSSR count). The highest BCUT2D eigenvalue weighted by molar-refractivity contribution is 6.34. The second-order valence-corrected chi connectivity index (χ2v) is 4.81. The monoisotopic (exact) mass is 286 g/mol. The Balaban J connectivity index is 2.31. The van der Waals surface area contributed by atoms with Crippen LogP contribution >= 0.6 is 34.8 Å². The Bertz CT molecular complexity index is 532. The maximum absolute atomic E-state index is 5.95. The van der Waals surface area contributed by atoms with Gasteiger partial charge in [-0.15, -0.1) is 0 Å². The average molecular weight is 288 g/mol. The molecule has 0 bridgehead atoms. The van der Waals surface area contributed by atoms with Gasteiger partial charge < -0.3 is 0 Å². The van der Waals surface area contributed by atoms with Crippen LogP contribution in [0, 0.1) is 6.92 Å². The highest BCUT2D eigenvalue weighted by Crippen LogP contribution is 2.21. The van der Waals surface area contributed by atoms with Crippen LogP contribution in [0.3, 0.4) is 0 Å². The second-order valence-electron chi connectivity index (χ2n) is 3.65. The van der Waals surface area contributed by atoms with Crippen LogP contribution in [0.1, 0.15) is 17.0 Å². The minimum atomic E-state index is 0.391. The molecule has 0 aliphatic heterocycles. The number of benzene rings is 1. The summed E-state index contributed by atoms with van der Waals surface area (Å²) in [6, 6.07) is 7.53. The van der Waals surface area contributed by atoms with Crippen molar-refractivity contribution in [3.8, 4) is 0 Å². The topological polar surface area (TPSA) is 25.8 Å². The molecule has 5 heteroatoms. The van der Waals surface area contributed by atoms with Gasteiger partial charge in [-0.25, -0.2) is 9.97 Å². The van der Waals surface area contributed by atoms with E-state index in [9.17, 15) is 0 Å². The van der Waals surface area contributed by atoms with Gasteiger partial charge in [0.2, 0.25) is 0 Å². The lowest BCUT2D eigenvalue weighted by atomic mass is 10.1. The standard InChI is InChI=1S/C12H9Cl3N2/c1-7-11(14)16-10(17-12(7)15)6-8-3-2-4-9(13)5-8/h2-5H,6H2,1H3. The largest absolute Gasteiger partial charge is 0.220 e. The van der Waals surface area contributed by atoms with Gasteiger partial charge in [0.05, 0.1) is 0 Å². The Morgan fingerprint density at radius 3 is 2.29 bits per heavy atom. The molecule has 0 amide bonds. The number of aromatic nitrogens is 2. The van der Waals surface area contributed by atoms with Crippen LogP contribution in [0.4, 0.5) is 0 Å². The van der Waals surface area contributed by atoms with Gasteiger partial charge in [-0.2, -0.15) is 0 Å². The molecule has 88 valence electrons. The summed E-state index contributed by atoms with van der Waals surface area (Å²) in [5, 5.41) is 1.47. The summed E-state index contributed by atoms with van der Waals surface area (Å²) in [5.74, 6) is 0.591. The molecular formula is C12H9Cl3N2. The second kappa shape index (κ2) is 5.21. The molecule has 0 saturated carbocycles. The van der Waals surface area contributed by atoms with Gasteiger partial charge in [-0.3, -0.25) is 0 Å². The predicted octanol–water partition coefficient (Wildman–Crippen LogP) is 4.34. The van der Waals surface area contributed by atoms with E-state index in [0.717, 1.165) is 5.56 Å². The summed E-state index contributed by atoms with van der Waals surface area (Å²) in [7, 11) is 0. The van der Waals surface area contributed by atoms with E-state index < -0.39 is 0 Å². The summed E-state index contributed by atoms with van der Waals surface area (Å²) in [6.45, 7) is 1.79. The van der Waals surface area contributed by atoms with Crippen LogP contribution in [0.2, 0.25) is 15.3 Å². The number of hydrogen-bond donors (Lipinski definition) is 0. The predicted molar refractivity (Wildman–Crippen MR) is 71.0 cm³/mol. The maximum atomic E-state index is 5.95. The summed E-state index contributed by atoms with van der Waals surface area (Å²) < 4.78 is 0. The molecule has 2 nitrogen and oxygen atoms in total. The van der Waals surface area contributed by atoms with Crippen molar-refractivity contribution in [2.24, 2.45) is 0 Å². The zero-order valence-corrected chi connectivity index (χ0v) is 11.3. The number of halogens is 3. The van der Waals surface area contributed by atoms with Crippen LogP contribution in [0.25, 0.3) is 0 Å². The number of hydrogen-bond acceptors (Lipinski definition) is 2. The molecule has 0 N–H and O–H groups in total. The van der Waals surface area contributed by atoms with Crippen molar-refractivity contribution in [1.82, 2.24) is 9.97 Å². The Labute approximate surface area is 115 Å². The highest BCUT2D eigenvalue weighted by atomic mass is 35.5. The lowest BCUT2D eigenvalue weighted by Crippen LogP contribution is -1.99. The summed E-state index contributed by atoms with van der Waals surface area (Å²) in [4.78, 5) is 8.37. The molecule has 2 aromatic rings. The minimum absolute atomic E-state index is 0.391. The van der Waals surface area contributed by atoms with Crippen LogP contribution < -0.4 is 0 Å². The van der Waals surface area contributed by atoms with Gasteiger partial charge in [0.25, 0.3) is 0 Å². The van der Waals surface area contributed by atoms with Gasteiger partial charge >= 0.3 is 0 Å². The first-order valence-corrected chi connectivity index (χ1v) is 6.12. The molecule has 17 heavy (non-hydrogen) atoms. The molecule has 1 heterocycles. The van der Waals surface area contributed by atoms with E-state index in [0.29, 0.717) is 33.1 Å². The third-order valence-electron chi connectivity index (χ3n) is 2.32. The fraction of sp³-hybridized carbons (Fsp3) is 0.167. The van der Waals surface area contributed by atoms with Crippen molar-refractivity contribution in [2.45, 2.75) is 13.3 Å². The summed E-state index contributed by atoms with van der Waals surface area (Å²) in [6.07, 6.45) is 0.556. The van der Waals surface area contributed by atoms with Crippen molar-refractivity contribution >= 4 is 34.8 Å². The van der Waals surface area contributed by atoms with Crippen LogP contribution in [-0.4, -0.2) is 9.97 Å². The van der Waals surface area contributed by atoms with E-state index in [1.807, 2.05) is 24.3 Å². The summed E-state index contributed by atoms with van der Waals surface area (Å²) >= 11 is 17.8. The minimum Gasteiger partial charge on any atom is -0.220 e. The average Bonchev–Trinajstić information content (AvgIpc) is 2.26. The van der Waals surface area contributed by atoms with Gasteiger partial charge in [0.1, 0.15) is 16.1 Å². The lowest BCUT2D eigenvalue weighted by molar-refractivity contribution is 0.956. The molecule has 0 aliphatic carbocycles. The van der Waals surface area contributed by atoms with Crippen LogP contribution in [0.15, 0.2) is 24.3 Å². The van der Waals surface area contributed by atoms with Gasteiger partial charge in [0, 0.05) is 17.0 Å². The van der Waals surface area contributed by atoms with Crippen LogP contribution in [-0.2, 0) is 6.42 Å². The molecular weight excluding hydrogens is 279 g/mol. The number of nitrogens with zero attached hydrogens (tertiary/aromatic N) is 2. The molecule has 0 saturated heterocycles. The molecule has 0 unspecified atom stereocenters. The third-order valence-corrected chi connectivity index (χ3v) is 3.30. The van der Waals surface area contributed by atoms with E-state index in [-0.39, 0.29) is 0 Å². The fourth-order valence-electron chi connectivity index (χ4n) is 1.41. The Morgan fingerprint density at radius 2 is 1.71 bits per heavy atom. The molecule has 0 radical (unpaired) electrons. The van der Waals surface area contributed by atoms with E-state index in [1.54, 1.807) is 6.92 Å². The molecule has 1 aromatic carbocycles. The van der Waals surface area contributed by atoms with E-state index in [1.165, 1.54) is 0 Å². The fourth-order valence-corrected chi connectivity index (χ4v) is 2.05. The Hall–Kier alpha value is -0.830. The first kappa shape index (κ1) is 12.6. The normalized spacial score (nSPS) is 10.6. The zero-order valence-electron chi connectivity index (χ0n) is 9.04. The van der Waals surface area contributed by atoms with Gasteiger partial charge in [-0.05, 0) is 24.6 Å². The SMILES string of the molecule is Cc1c(Cl)nc(Cc2cccc(Cl)c2)nc1Cl. The molecule has 0 spiro atoms. The van der Waals surface area contributed by atoms with Crippen molar-refractivity contribution < 1.29 is 0 Å². The summed E-state index contributed by atoms with van der Waals surface area (Å²) in [5.41, 5.74) is 1.72. The molecule has 0 atom stereocenters. The molecule has 0 fully saturated rings. The number of rotatable bonds is 2. The van der Waals surface area contributed by atoms with Crippen molar-refractivity contribution in [2.75, 3.05) is 0 Å². The zero-order chi connectivity index (χ0) is 12.4. The van der Waals surface area contributed by atoms with Gasteiger partial charge in [-0.1, -0.05) is 46.9 Å². The smallest absolute Gasteiger partial charge is 0.137 e. The highest BCUT2D eigenvalue weighted by Gasteiger charge is 2.08. The lowest BCUT2D eigenvalue weighted by Gasteiger charge is -2.05. The van der Waals surface area contributed by atoms with E-state index in [2.05, 4.69) is 9.97 Å². The van der Waals surface area contributed by atoms with Crippen molar-refractivity contribution in [3.63, 3.8) is 0 Å². The Kier molecular flexibility index (Phi) is 3.87. The van der Waals surface area contributed by atoms with E-state index >= 15 is 0 Å². The first-order chi connectivity index (χ1) is 8.06.